The second-order valence-electron chi connectivity index (χ2n) is 7.82. The molecule has 26 heavy (non-hydrogen) atoms. The third-order valence-electron chi connectivity index (χ3n) is 6.10. The number of carbonyl (C=O) groups is 1. The number of aromatic amines is 1. The molecule has 138 valence electrons. The van der Waals surface area contributed by atoms with Crippen LogP contribution in [0, 0.1) is 6.92 Å². The largest absolute Gasteiger partial charge is 0.370 e. The van der Waals surface area contributed by atoms with Gasteiger partial charge in [-0.3, -0.25) is 14.8 Å². The van der Waals surface area contributed by atoms with Gasteiger partial charge in [-0.1, -0.05) is 6.07 Å². The normalized spacial score (nSPS) is 23.7. The van der Waals surface area contributed by atoms with Crippen LogP contribution < -0.4 is 4.90 Å². The van der Waals surface area contributed by atoms with E-state index in [9.17, 15) is 4.79 Å². The van der Waals surface area contributed by atoms with E-state index in [4.69, 9.17) is 0 Å². The van der Waals surface area contributed by atoms with Crippen LogP contribution in [0.25, 0.3) is 0 Å². The molecule has 2 unspecified atom stereocenters. The lowest BCUT2D eigenvalue weighted by molar-refractivity contribution is 0.0993. The fraction of sp³-hybridized carbons (Fsp3) is 0.524. The topological polar surface area (TPSA) is 52.2 Å². The predicted octanol–water partition coefficient (Wildman–Crippen LogP) is 3.21. The molecule has 0 saturated carbocycles. The van der Waals surface area contributed by atoms with Gasteiger partial charge < -0.3 is 4.90 Å². The van der Waals surface area contributed by atoms with E-state index in [0.29, 0.717) is 18.0 Å². The smallest absolute Gasteiger partial charge is 0.170 e. The number of aryl methyl sites for hydroxylation is 1. The molecule has 1 aromatic heterocycles. The van der Waals surface area contributed by atoms with Crippen LogP contribution in [-0.4, -0.2) is 52.6 Å². The van der Waals surface area contributed by atoms with Crippen molar-refractivity contribution in [1.29, 1.82) is 0 Å². The lowest BCUT2D eigenvalue weighted by Crippen LogP contribution is -2.39. The van der Waals surface area contributed by atoms with Crippen molar-refractivity contribution < 1.29 is 4.79 Å². The molecule has 2 aliphatic heterocycles. The summed E-state index contributed by atoms with van der Waals surface area (Å²) >= 11 is 0. The van der Waals surface area contributed by atoms with Crippen LogP contribution in [0.1, 0.15) is 47.7 Å². The van der Waals surface area contributed by atoms with Crippen molar-refractivity contribution in [3.63, 3.8) is 0 Å². The first-order chi connectivity index (χ1) is 12.6. The summed E-state index contributed by atoms with van der Waals surface area (Å²) in [7, 11) is 0. The summed E-state index contributed by atoms with van der Waals surface area (Å²) in [6, 6.07) is 7.97. The van der Waals surface area contributed by atoms with E-state index in [0.717, 1.165) is 24.7 Å². The van der Waals surface area contributed by atoms with Gasteiger partial charge in [-0.05, 0) is 62.9 Å². The third-order valence-corrected chi connectivity index (χ3v) is 6.10. The highest BCUT2D eigenvalue weighted by molar-refractivity contribution is 5.97. The molecule has 2 aromatic rings. The van der Waals surface area contributed by atoms with Crippen molar-refractivity contribution in [2.45, 2.75) is 51.6 Å². The monoisotopic (exact) mass is 352 g/mol. The second-order valence-corrected chi connectivity index (χ2v) is 7.82. The first kappa shape index (κ1) is 17.3. The van der Waals surface area contributed by atoms with Crippen LogP contribution in [0.2, 0.25) is 0 Å². The number of H-pyrrole nitrogens is 1. The Morgan fingerprint density at radius 1 is 1.31 bits per heavy atom. The number of rotatable bonds is 5. The van der Waals surface area contributed by atoms with Crippen LogP contribution in [0.15, 0.2) is 30.6 Å². The number of nitrogens with one attached hydrogen (secondary N) is 1. The molecule has 0 bridgehead atoms. The van der Waals surface area contributed by atoms with Gasteiger partial charge in [0, 0.05) is 43.5 Å². The van der Waals surface area contributed by atoms with Gasteiger partial charge >= 0.3 is 0 Å². The van der Waals surface area contributed by atoms with Gasteiger partial charge in [-0.2, -0.15) is 5.10 Å². The molecule has 1 aromatic carbocycles. The Bertz CT molecular complexity index is 770. The van der Waals surface area contributed by atoms with E-state index in [-0.39, 0.29) is 5.78 Å². The molecule has 5 nitrogen and oxygen atoms in total. The minimum absolute atomic E-state index is 0.110. The molecule has 2 fully saturated rings. The van der Waals surface area contributed by atoms with E-state index in [1.807, 2.05) is 0 Å². The Morgan fingerprint density at radius 3 is 2.88 bits per heavy atom. The molecule has 2 atom stereocenters. The zero-order chi connectivity index (χ0) is 18.1. The number of nitrogens with zero attached hydrogens (tertiary/aromatic N) is 3. The van der Waals surface area contributed by atoms with Crippen molar-refractivity contribution in [3.05, 3.63) is 47.3 Å². The molecule has 0 aliphatic carbocycles. The maximum Gasteiger partial charge on any atom is 0.170 e. The molecule has 0 spiro atoms. The number of carbonyl (C=O) groups excluding carboxylic acids is 1. The molecular weight excluding hydrogens is 324 g/mol. The zero-order valence-electron chi connectivity index (χ0n) is 15.7. The van der Waals surface area contributed by atoms with Crippen LogP contribution in [0.5, 0.6) is 0 Å². The minimum Gasteiger partial charge on any atom is -0.370 e. The average molecular weight is 352 g/mol. The van der Waals surface area contributed by atoms with Gasteiger partial charge in [0.05, 0.1) is 11.8 Å². The lowest BCUT2D eigenvalue weighted by atomic mass is 10.0. The fourth-order valence-electron chi connectivity index (χ4n) is 4.50. The van der Waals surface area contributed by atoms with Crippen molar-refractivity contribution in [1.82, 2.24) is 15.1 Å². The van der Waals surface area contributed by atoms with E-state index >= 15 is 0 Å². The number of aromatic nitrogens is 2. The minimum atomic E-state index is 0.110. The Morgan fingerprint density at radius 2 is 2.19 bits per heavy atom. The number of Topliss-reactive ketones (excluding diaryl/α,β-unsaturated/α-hetero) is 1. The highest BCUT2D eigenvalue weighted by Gasteiger charge is 2.32. The van der Waals surface area contributed by atoms with Crippen LogP contribution >= 0.6 is 0 Å². The molecule has 2 saturated heterocycles. The van der Waals surface area contributed by atoms with Crippen LogP contribution in [-0.2, 0) is 6.42 Å². The summed E-state index contributed by atoms with van der Waals surface area (Å²) in [5, 5.41) is 6.57. The maximum atomic E-state index is 12.3. The molecule has 4 rings (SSSR count). The Kier molecular flexibility index (Phi) is 4.81. The summed E-state index contributed by atoms with van der Waals surface area (Å²) < 4.78 is 0. The van der Waals surface area contributed by atoms with E-state index in [1.165, 1.54) is 37.1 Å². The van der Waals surface area contributed by atoms with Gasteiger partial charge in [0.25, 0.3) is 0 Å². The maximum absolute atomic E-state index is 12.3. The lowest BCUT2D eigenvalue weighted by Gasteiger charge is -2.28. The highest BCUT2D eigenvalue weighted by atomic mass is 16.1. The molecule has 0 amide bonds. The number of ketones is 1. The van der Waals surface area contributed by atoms with E-state index in [2.05, 4.69) is 52.0 Å². The number of anilines is 1. The zero-order valence-corrected chi connectivity index (χ0v) is 15.7. The van der Waals surface area contributed by atoms with Gasteiger partial charge in [0.1, 0.15) is 0 Å². The van der Waals surface area contributed by atoms with Crippen molar-refractivity contribution in [2.75, 3.05) is 24.5 Å². The second kappa shape index (κ2) is 7.23. The summed E-state index contributed by atoms with van der Waals surface area (Å²) in [6.07, 6.45) is 7.63. The molecule has 1 N–H and O–H groups in total. The fourth-order valence-corrected chi connectivity index (χ4v) is 4.50. The number of hydrogen-bond acceptors (Lipinski definition) is 4. The van der Waals surface area contributed by atoms with E-state index < -0.39 is 0 Å². The molecule has 3 heterocycles. The van der Waals surface area contributed by atoms with Gasteiger partial charge in [0.15, 0.2) is 5.78 Å². The van der Waals surface area contributed by atoms with Crippen molar-refractivity contribution in [3.8, 4) is 0 Å². The molecule has 5 heteroatoms. The molecule has 0 radical (unpaired) electrons. The highest BCUT2D eigenvalue weighted by Crippen LogP contribution is 2.29. The first-order valence-electron chi connectivity index (χ1n) is 9.74. The summed E-state index contributed by atoms with van der Waals surface area (Å²) in [4.78, 5) is 17.5. The summed E-state index contributed by atoms with van der Waals surface area (Å²) in [6.45, 7) is 7.98. The number of hydrogen-bond donors (Lipinski definition) is 1. The van der Waals surface area contributed by atoms with Crippen LogP contribution in [0.3, 0.4) is 0 Å². The third kappa shape index (κ3) is 3.40. The number of benzene rings is 1. The van der Waals surface area contributed by atoms with Crippen LogP contribution in [0.4, 0.5) is 5.69 Å². The molecule has 2 aliphatic rings. The van der Waals surface area contributed by atoms with Gasteiger partial charge in [-0.15, -0.1) is 0 Å². The van der Waals surface area contributed by atoms with Gasteiger partial charge in [0.2, 0.25) is 0 Å². The van der Waals surface area contributed by atoms with Crippen molar-refractivity contribution >= 4 is 11.5 Å². The SMILES string of the molecule is Cc1cc(N2CCC(N3CCCC3C)C2)ccc1CC(=O)c1cn[nH]c1. The average Bonchev–Trinajstić information content (AvgIpc) is 3.37. The van der Waals surface area contributed by atoms with Gasteiger partial charge in [-0.25, -0.2) is 0 Å². The summed E-state index contributed by atoms with van der Waals surface area (Å²) in [5.74, 6) is 0.110. The predicted molar refractivity (Wildman–Crippen MR) is 104 cm³/mol. The quantitative estimate of drug-likeness (QED) is 0.840. The Balaban J connectivity index is 1.42. The Hall–Kier alpha value is -2.14. The Labute approximate surface area is 155 Å². The van der Waals surface area contributed by atoms with Crippen molar-refractivity contribution in [2.24, 2.45) is 0 Å². The standard InChI is InChI=1S/C21H28N4O/c1-15-10-19(6-5-17(15)11-21(26)18-12-22-23-13-18)24-9-7-20(14-24)25-8-3-4-16(25)2/h5-6,10,12-13,16,20H,3-4,7-9,11,14H2,1-2H3,(H,22,23). The summed E-state index contributed by atoms with van der Waals surface area (Å²) in [5.41, 5.74) is 4.23. The molecular formula is C21H28N4O. The van der Waals surface area contributed by atoms with E-state index in [1.54, 1.807) is 12.4 Å². The number of likely N-dealkylation sites (tertiary alicyclic amines) is 1. The first-order valence-corrected chi connectivity index (χ1v) is 9.74.